The predicted molar refractivity (Wildman–Crippen MR) is 84.5 cm³/mol. The van der Waals surface area contributed by atoms with Crippen LogP contribution in [0.15, 0.2) is 54.9 Å². The predicted octanol–water partition coefficient (Wildman–Crippen LogP) is 3.64. The lowest BCUT2D eigenvalue weighted by molar-refractivity contribution is 0.327. The molecule has 21 heavy (non-hydrogen) atoms. The second-order valence-electron chi connectivity index (χ2n) is 4.66. The molecule has 0 radical (unpaired) electrons. The van der Waals surface area contributed by atoms with Gasteiger partial charge in [-0.2, -0.15) is 0 Å². The minimum absolute atomic E-state index is 0.628. The monoisotopic (exact) mass is 279 g/mol. The summed E-state index contributed by atoms with van der Waals surface area (Å²) in [6, 6.07) is 14.0. The maximum Gasteiger partial charge on any atom is 0.213 e. The summed E-state index contributed by atoms with van der Waals surface area (Å²) in [6.45, 7) is 3.31. The number of ether oxygens (including phenoxy) is 1. The van der Waals surface area contributed by atoms with Crippen LogP contribution in [0.3, 0.4) is 0 Å². The molecule has 0 saturated carbocycles. The Hall–Kier alpha value is -2.62. The average Bonchev–Trinajstić information content (AvgIpc) is 2.54. The first-order chi connectivity index (χ1) is 10.4. The standard InChI is InChI=1S/C17H17N3O/c1-2-21-17-8-7-14(12-20-17)19-11-13-9-10-18-16-6-4-3-5-15(13)16/h3-10,12,19H,2,11H2,1H3. The van der Waals surface area contributed by atoms with Crippen molar-refractivity contribution in [1.82, 2.24) is 9.97 Å². The van der Waals surface area contributed by atoms with E-state index < -0.39 is 0 Å². The highest BCUT2D eigenvalue weighted by molar-refractivity contribution is 5.82. The summed E-state index contributed by atoms with van der Waals surface area (Å²) in [5.41, 5.74) is 3.20. The third-order valence-corrected chi connectivity index (χ3v) is 3.25. The molecule has 2 aromatic heterocycles. The molecule has 0 aliphatic carbocycles. The lowest BCUT2D eigenvalue weighted by atomic mass is 10.1. The van der Waals surface area contributed by atoms with Gasteiger partial charge in [0.05, 0.1) is 24.0 Å². The van der Waals surface area contributed by atoms with Gasteiger partial charge in [-0.1, -0.05) is 18.2 Å². The summed E-state index contributed by atoms with van der Waals surface area (Å²) in [6.07, 6.45) is 3.63. The van der Waals surface area contributed by atoms with E-state index in [0.717, 1.165) is 17.7 Å². The van der Waals surface area contributed by atoms with Gasteiger partial charge in [-0.25, -0.2) is 4.98 Å². The van der Waals surface area contributed by atoms with Crippen molar-refractivity contribution in [3.63, 3.8) is 0 Å². The number of hydrogen-bond acceptors (Lipinski definition) is 4. The number of rotatable bonds is 5. The van der Waals surface area contributed by atoms with Crippen LogP contribution >= 0.6 is 0 Å². The van der Waals surface area contributed by atoms with Crippen molar-refractivity contribution in [3.8, 4) is 5.88 Å². The third-order valence-electron chi connectivity index (χ3n) is 3.25. The van der Waals surface area contributed by atoms with Crippen LogP contribution in [0.1, 0.15) is 12.5 Å². The Balaban J connectivity index is 1.74. The minimum atomic E-state index is 0.628. The van der Waals surface area contributed by atoms with E-state index in [1.54, 1.807) is 6.20 Å². The summed E-state index contributed by atoms with van der Waals surface area (Å²) < 4.78 is 5.33. The molecule has 2 heterocycles. The molecule has 0 aliphatic rings. The third kappa shape index (κ3) is 3.11. The van der Waals surface area contributed by atoms with E-state index in [4.69, 9.17) is 4.74 Å². The fourth-order valence-corrected chi connectivity index (χ4v) is 2.22. The largest absolute Gasteiger partial charge is 0.478 e. The normalized spacial score (nSPS) is 10.5. The van der Waals surface area contributed by atoms with Crippen molar-refractivity contribution in [2.24, 2.45) is 0 Å². The number of fused-ring (bicyclic) bond motifs is 1. The highest BCUT2D eigenvalue weighted by Crippen LogP contribution is 2.18. The van der Waals surface area contributed by atoms with E-state index in [1.807, 2.05) is 49.5 Å². The number of nitrogens with zero attached hydrogens (tertiary/aromatic N) is 2. The number of pyridine rings is 2. The van der Waals surface area contributed by atoms with Gasteiger partial charge >= 0.3 is 0 Å². The first-order valence-electron chi connectivity index (χ1n) is 7.02. The molecule has 1 aromatic carbocycles. The summed E-state index contributed by atoms with van der Waals surface area (Å²) in [5, 5.41) is 4.55. The molecule has 0 atom stereocenters. The Morgan fingerprint density at radius 1 is 1.05 bits per heavy atom. The molecule has 3 aromatic rings. The number of benzene rings is 1. The molecule has 0 fully saturated rings. The molecule has 0 unspecified atom stereocenters. The van der Waals surface area contributed by atoms with Gasteiger partial charge in [0, 0.05) is 24.2 Å². The van der Waals surface area contributed by atoms with Gasteiger partial charge in [-0.15, -0.1) is 0 Å². The van der Waals surface area contributed by atoms with E-state index >= 15 is 0 Å². The Morgan fingerprint density at radius 2 is 1.95 bits per heavy atom. The highest BCUT2D eigenvalue weighted by atomic mass is 16.5. The summed E-state index contributed by atoms with van der Waals surface area (Å²) in [4.78, 5) is 8.62. The molecule has 4 nitrogen and oxygen atoms in total. The highest BCUT2D eigenvalue weighted by Gasteiger charge is 2.01. The van der Waals surface area contributed by atoms with Crippen molar-refractivity contribution < 1.29 is 4.74 Å². The number of nitrogens with one attached hydrogen (secondary N) is 1. The van der Waals surface area contributed by atoms with Crippen molar-refractivity contribution >= 4 is 16.6 Å². The molecule has 0 amide bonds. The van der Waals surface area contributed by atoms with Crippen LogP contribution in [0.4, 0.5) is 5.69 Å². The Morgan fingerprint density at radius 3 is 2.76 bits per heavy atom. The van der Waals surface area contributed by atoms with Gasteiger partial charge in [0.25, 0.3) is 0 Å². The molecular weight excluding hydrogens is 262 g/mol. The van der Waals surface area contributed by atoms with Gasteiger partial charge in [-0.3, -0.25) is 4.98 Å². The van der Waals surface area contributed by atoms with Crippen LogP contribution < -0.4 is 10.1 Å². The first kappa shape index (κ1) is 13.4. The minimum Gasteiger partial charge on any atom is -0.478 e. The van der Waals surface area contributed by atoms with Crippen LogP contribution in [0.5, 0.6) is 5.88 Å². The van der Waals surface area contributed by atoms with E-state index in [9.17, 15) is 0 Å². The topological polar surface area (TPSA) is 47.0 Å². The second kappa shape index (κ2) is 6.22. The van der Waals surface area contributed by atoms with E-state index in [0.29, 0.717) is 12.5 Å². The smallest absolute Gasteiger partial charge is 0.213 e. The fourth-order valence-electron chi connectivity index (χ4n) is 2.22. The zero-order chi connectivity index (χ0) is 14.5. The second-order valence-corrected chi connectivity index (χ2v) is 4.66. The molecule has 0 saturated heterocycles. The van der Waals surface area contributed by atoms with Crippen molar-refractivity contribution in [1.29, 1.82) is 0 Å². The Labute approximate surface area is 123 Å². The van der Waals surface area contributed by atoms with Gasteiger partial charge in [0.15, 0.2) is 0 Å². The Bertz CT molecular complexity index is 720. The van der Waals surface area contributed by atoms with Crippen LogP contribution in [0, 0.1) is 0 Å². The number of para-hydroxylation sites is 1. The summed E-state index contributed by atoms with van der Waals surface area (Å²) in [7, 11) is 0. The van der Waals surface area contributed by atoms with Gasteiger partial charge in [-0.05, 0) is 30.7 Å². The summed E-state index contributed by atoms with van der Waals surface area (Å²) in [5.74, 6) is 0.650. The molecule has 4 heteroatoms. The molecule has 0 bridgehead atoms. The molecule has 106 valence electrons. The van der Waals surface area contributed by atoms with Gasteiger partial charge < -0.3 is 10.1 Å². The number of anilines is 1. The molecule has 0 aliphatic heterocycles. The zero-order valence-electron chi connectivity index (χ0n) is 11.9. The molecule has 3 rings (SSSR count). The maximum absolute atomic E-state index is 5.33. The van der Waals surface area contributed by atoms with Crippen LogP contribution in [-0.2, 0) is 6.54 Å². The first-order valence-corrected chi connectivity index (χ1v) is 7.02. The van der Waals surface area contributed by atoms with Crippen molar-refractivity contribution in [2.45, 2.75) is 13.5 Å². The van der Waals surface area contributed by atoms with Crippen molar-refractivity contribution in [2.75, 3.05) is 11.9 Å². The number of aromatic nitrogens is 2. The van der Waals surface area contributed by atoms with E-state index in [2.05, 4.69) is 21.4 Å². The molecule has 0 spiro atoms. The maximum atomic E-state index is 5.33. The Kier molecular flexibility index (Phi) is 3.96. The quantitative estimate of drug-likeness (QED) is 0.774. The van der Waals surface area contributed by atoms with Crippen LogP contribution in [0.25, 0.3) is 10.9 Å². The SMILES string of the molecule is CCOc1ccc(NCc2ccnc3ccccc23)cn1. The van der Waals surface area contributed by atoms with Crippen LogP contribution in [-0.4, -0.2) is 16.6 Å². The molecular formula is C17H17N3O. The lowest BCUT2D eigenvalue weighted by Crippen LogP contribution is -2.01. The van der Waals surface area contributed by atoms with E-state index in [1.165, 1.54) is 10.9 Å². The molecule has 1 N–H and O–H groups in total. The summed E-state index contributed by atoms with van der Waals surface area (Å²) >= 11 is 0. The van der Waals surface area contributed by atoms with Gasteiger partial charge in [0.2, 0.25) is 5.88 Å². The van der Waals surface area contributed by atoms with E-state index in [-0.39, 0.29) is 0 Å². The zero-order valence-corrected chi connectivity index (χ0v) is 11.9. The lowest BCUT2D eigenvalue weighted by Gasteiger charge is -2.09. The fraction of sp³-hybridized carbons (Fsp3) is 0.176. The van der Waals surface area contributed by atoms with Gasteiger partial charge in [0.1, 0.15) is 0 Å². The van der Waals surface area contributed by atoms with Crippen molar-refractivity contribution in [3.05, 3.63) is 60.4 Å². The van der Waals surface area contributed by atoms with Crippen LogP contribution in [0.2, 0.25) is 0 Å². The number of hydrogen-bond donors (Lipinski definition) is 1. The average molecular weight is 279 g/mol.